The SMILES string of the molecule is Nc1cnc(I)c(C(F)F)c1CCl. The Morgan fingerprint density at radius 1 is 1.62 bits per heavy atom. The molecule has 0 unspecified atom stereocenters. The van der Waals surface area contributed by atoms with Gasteiger partial charge in [0.25, 0.3) is 6.43 Å². The number of nitrogens with zero attached hydrogens (tertiary/aromatic N) is 1. The quantitative estimate of drug-likeness (QED) is 0.517. The van der Waals surface area contributed by atoms with Crippen LogP contribution in [0.25, 0.3) is 0 Å². The van der Waals surface area contributed by atoms with E-state index in [1.807, 2.05) is 0 Å². The van der Waals surface area contributed by atoms with Crippen LogP contribution in [0.4, 0.5) is 14.5 Å². The highest BCUT2D eigenvalue weighted by Gasteiger charge is 2.19. The lowest BCUT2D eigenvalue weighted by Gasteiger charge is -2.09. The Bertz CT molecular complexity index is 320. The summed E-state index contributed by atoms with van der Waals surface area (Å²) in [6.07, 6.45) is -1.25. The third kappa shape index (κ3) is 2.19. The predicted octanol–water partition coefficient (Wildman–Crippen LogP) is 2.94. The van der Waals surface area contributed by atoms with Crippen molar-refractivity contribution in [3.63, 3.8) is 0 Å². The van der Waals surface area contributed by atoms with Crippen molar-refractivity contribution in [1.29, 1.82) is 0 Å². The lowest BCUT2D eigenvalue weighted by atomic mass is 10.1. The van der Waals surface area contributed by atoms with Gasteiger partial charge in [0.1, 0.15) is 3.70 Å². The lowest BCUT2D eigenvalue weighted by Crippen LogP contribution is -2.03. The molecule has 2 nitrogen and oxygen atoms in total. The first kappa shape index (κ1) is 10.9. The topological polar surface area (TPSA) is 38.9 Å². The summed E-state index contributed by atoms with van der Waals surface area (Å²) >= 11 is 7.24. The molecule has 0 bridgehead atoms. The normalized spacial score (nSPS) is 10.8. The summed E-state index contributed by atoms with van der Waals surface area (Å²) in [7, 11) is 0. The van der Waals surface area contributed by atoms with E-state index in [1.165, 1.54) is 6.20 Å². The van der Waals surface area contributed by atoms with E-state index in [1.54, 1.807) is 22.6 Å². The Morgan fingerprint density at radius 2 is 2.23 bits per heavy atom. The van der Waals surface area contributed by atoms with Gasteiger partial charge in [0.05, 0.1) is 23.3 Å². The second kappa shape index (κ2) is 4.36. The molecular formula is C7H6ClF2IN2. The number of anilines is 1. The molecule has 0 saturated carbocycles. The number of rotatable bonds is 2. The smallest absolute Gasteiger partial charge is 0.266 e. The molecule has 1 aromatic heterocycles. The molecule has 1 rings (SSSR count). The summed E-state index contributed by atoms with van der Waals surface area (Å²) in [5, 5.41) is 0. The van der Waals surface area contributed by atoms with Gasteiger partial charge in [-0.1, -0.05) is 0 Å². The van der Waals surface area contributed by atoms with Crippen molar-refractivity contribution in [2.75, 3.05) is 5.73 Å². The summed E-state index contributed by atoms with van der Waals surface area (Å²) in [4.78, 5) is 3.73. The molecule has 0 aromatic carbocycles. The molecule has 6 heteroatoms. The van der Waals surface area contributed by atoms with E-state index in [0.717, 1.165) is 0 Å². The van der Waals surface area contributed by atoms with Gasteiger partial charge in [-0.3, -0.25) is 0 Å². The maximum Gasteiger partial charge on any atom is 0.266 e. The molecule has 0 atom stereocenters. The van der Waals surface area contributed by atoms with Crippen LogP contribution in [0.3, 0.4) is 0 Å². The molecule has 1 aromatic rings. The fourth-order valence-corrected chi connectivity index (χ4v) is 1.92. The van der Waals surface area contributed by atoms with Crippen LogP contribution in [0.5, 0.6) is 0 Å². The van der Waals surface area contributed by atoms with Crippen LogP contribution >= 0.6 is 34.2 Å². The van der Waals surface area contributed by atoms with Crippen molar-refractivity contribution >= 4 is 39.9 Å². The summed E-state index contributed by atoms with van der Waals surface area (Å²) in [6, 6.07) is 0. The highest BCUT2D eigenvalue weighted by Crippen LogP contribution is 2.30. The maximum atomic E-state index is 12.5. The Morgan fingerprint density at radius 3 is 2.62 bits per heavy atom. The van der Waals surface area contributed by atoms with Gasteiger partial charge in [-0.25, -0.2) is 13.8 Å². The van der Waals surface area contributed by atoms with E-state index in [2.05, 4.69) is 4.98 Å². The molecule has 0 spiro atoms. The summed E-state index contributed by atoms with van der Waals surface area (Å²) in [5.74, 6) is -0.0238. The molecule has 0 aliphatic carbocycles. The van der Waals surface area contributed by atoms with E-state index < -0.39 is 6.43 Å². The first-order chi connectivity index (χ1) is 6.07. The van der Waals surface area contributed by atoms with Gasteiger partial charge in [-0.15, -0.1) is 11.6 Å². The third-order valence-corrected chi connectivity index (χ3v) is 2.69. The fourth-order valence-electron chi connectivity index (χ4n) is 0.925. The number of halogens is 4. The van der Waals surface area contributed by atoms with Gasteiger partial charge < -0.3 is 5.73 Å². The van der Waals surface area contributed by atoms with Crippen molar-refractivity contribution in [2.24, 2.45) is 0 Å². The Hall–Kier alpha value is -0.170. The van der Waals surface area contributed by atoms with E-state index in [-0.39, 0.29) is 26.4 Å². The average Bonchev–Trinajstić information content (AvgIpc) is 2.07. The Balaban J connectivity index is 3.35. The van der Waals surface area contributed by atoms with Gasteiger partial charge in [-0.2, -0.15) is 0 Å². The third-order valence-electron chi connectivity index (χ3n) is 1.56. The van der Waals surface area contributed by atoms with Gasteiger partial charge in [0.2, 0.25) is 0 Å². The van der Waals surface area contributed by atoms with Crippen molar-refractivity contribution in [2.45, 2.75) is 12.3 Å². The highest BCUT2D eigenvalue weighted by atomic mass is 127. The predicted molar refractivity (Wildman–Crippen MR) is 55.9 cm³/mol. The molecule has 0 aliphatic rings. The Kier molecular flexibility index (Phi) is 3.66. The second-order valence-electron chi connectivity index (χ2n) is 2.33. The number of alkyl halides is 3. The molecule has 72 valence electrons. The van der Waals surface area contributed by atoms with E-state index in [4.69, 9.17) is 17.3 Å². The average molecular weight is 318 g/mol. The zero-order valence-electron chi connectivity index (χ0n) is 6.40. The van der Waals surface area contributed by atoms with Crippen LogP contribution < -0.4 is 5.73 Å². The second-order valence-corrected chi connectivity index (χ2v) is 3.62. The molecule has 0 fully saturated rings. The van der Waals surface area contributed by atoms with Crippen LogP contribution in [0.15, 0.2) is 6.20 Å². The van der Waals surface area contributed by atoms with E-state index in [9.17, 15) is 8.78 Å². The van der Waals surface area contributed by atoms with Crippen LogP contribution in [-0.2, 0) is 5.88 Å². The lowest BCUT2D eigenvalue weighted by molar-refractivity contribution is 0.149. The number of pyridine rings is 1. The van der Waals surface area contributed by atoms with E-state index in [0.29, 0.717) is 0 Å². The van der Waals surface area contributed by atoms with Crippen molar-refractivity contribution < 1.29 is 8.78 Å². The summed E-state index contributed by atoms with van der Waals surface area (Å²) in [6.45, 7) is 0. The number of hydrogen-bond acceptors (Lipinski definition) is 2. The molecule has 0 radical (unpaired) electrons. The van der Waals surface area contributed by atoms with Crippen LogP contribution in [0.1, 0.15) is 17.6 Å². The zero-order valence-corrected chi connectivity index (χ0v) is 9.31. The monoisotopic (exact) mass is 318 g/mol. The largest absolute Gasteiger partial charge is 0.397 e. The van der Waals surface area contributed by atoms with Gasteiger partial charge in [0.15, 0.2) is 0 Å². The molecule has 0 amide bonds. The molecule has 2 N–H and O–H groups in total. The fraction of sp³-hybridized carbons (Fsp3) is 0.286. The number of aromatic nitrogens is 1. The van der Waals surface area contributed by atoms with Crippen LogP contribution in [0.2, 0.25) is 0 Å². The van der Waals surface area contributed by atoms with Gasteiger partial charge in [-0.05, 0) is 22.6 Å². The maximum absolute atomic E-state index is 12.5. The van der Waals surface area contributed by atoms with Crippen molar-refractivity contribution in [3.05, 3.63) is 21.0 Å². The minimum Gasteiger partial charge on any atom is -0.397 e. The zero-order chi connectivity index (χ0) is 10.0. The summed E-state index contributed by atoms with van der Waals surface area (Å²) < 4.78 is 25.2. The molecular weight excluding hydrogens is 312 g/mol. The number of nitrogen functional groups attached to an aromatic ring is 1. The molecule has 13 heavy (non-hydrogen) atoms. The molecule has 0 saturated heterocycles. The standard InChI is InChI=1S/C7H6ClF2IN2/c8-1-3-4(12)2-13-7(11)5(3)6(9)10/h2,6H,1,12H2. The minimum atomic E-state index is -2.59. The van der Waals surface area contributed by atoms with Gasteiger partial charge in [0, 0.05) is 5.56 Å². The van der Waals surface area contributed by atoms with Gasteiger partial charge >= 0.3 is 0 Å². The minimum absolute atomic E-state index is 0.0238. The molecule has 1 heterocycles. The first-order valence-electron chi connectivity index (χ1n) is 3.34. The summed E-state index contributed by atoms with van der Waals surface area (Å²) in [5.41, 5.74) is 5.79. The number of nitrogens with two attached hydrogens (primary N) is 1. The van der Waals surface area contributed by atoms with Crippen LogP contribution in [-0.4, -0.2) is 4.98 Å². The highest BCUT2D eigenvalue weighted by molar-refractivity contribution is 14.1. The van der Waals surface area contributed by atoms with E-state index >= 15 is 0 Å². The first-order valence-corrected chi connectivity index (χ1v) is 4.96. The van der Waals surface area contributed by atoms with Crippen molar-refractivity contribution in [3.8, 4) is 0 Å². The Labute approximate surface area is 92.6 Å². The van der Waals surface area contributed by atoms with Crippen LogP contribution in [0, 0.1) is 3.70 Å². The molecule has 0 aliphatic heterocycles. The number of hydrogen-bond donors (Lipinski definition) is 1. The van der Waals surface area contributed by atoms with Crippen molar-refractivity contribution in [1.82, 2.24) is 4.98 Å².